The molecular formula is C12H21Cl. The van der Waals surface area contributed by atoms with E-state index in [1.165, 1.54) is 19.3 Å². The van der Waals surface area contributed by atoms with Crippen molar-refractivity contribution in [3.63, 3.8) is 0 Å². The molecule has 2 atom stereocenters. The van der Waals surface area contributed by atoms with Crippen LogP contribution in [0, 0.1) is 17.8 Å². The Morgan fingerprint density at radius 3 is 2.31 bits per heavy atom. The number of rotatable bonds is 3. The first kappa shape index (κ1) is 11.1. The van der Waals surface area contributed by atoms with Gasteiger partial charge in [0.1, 0.15) is 0 Å². The Labute approximate surface area is 87.4 Å². The van der Waals surface area contributed by atoms with Crippen LogP contribution in [0.1, 0.15) is 39.5 Å². The lowest BCUT2D eigenvalue weighted by Crippen LogP contribution is -2.17. The zero-order chi connectivity index (χ0) is 9.68. The maximum Gasteiger partial charge on any atom is 0.0258 e. The highest BCUT2D eigenvalue weighted by Crippen LogP contribution is 2.33. The Bertz CT molecular complexity index is 153. The van der Waals surface area contributed by atoms with E-state index < -0.39 is 0 Å². The zero-order valence-electron chi connectivity index (χ0n) is 8.80. The first-order valence-corrected chi connectivity index (χ1v) is 5.98. The molecule has 76 valence electrons. The Morgan fingerprint density at radius 2 is 1.77 bits per heavy atom. The summed E-state index contributed by atoms with van der Waals surface area (Å²) in [6.45, 7) is 4.75. The second-order valence-corrected chi connectivity index (χ2v) is 4.96. The zero-order valence-corrected chi connectivity index (χ0v) is 9.56. The van der Waals surface area contributed by atoms with Crippen LogP contribution >= 0.6 is 11.6 Å². The second kappa shape index (κ2) is 5.70. The Morgan fingerprint density at radius 1 is 1.15 bits per heavy atom. The second-order valence-electron chi connectivity index (χ2n) is 4.58. The number of allylic oxidation sites excluding steroid dienone is 2. The van der Waals surface area contributed by atoms with Gasteiger partial charge in [0.15, 0.2) is 0 Å². The quantitative estimate of drug-likeness (QED) is 0.472. The van der Waals surface area contributed by atoms with Gasteiger partial charge in [-0.2, -0.15) is 0 Å². The topological polar surface area (TPSA) is 0 Å². The highest BCUT2D eigenvalue weighted by molar-refractivity contribution is 6.17. The normalized spacial score (nSPS) is 35.5. The molecule has 0 radical (unpaired) electrons. The van der Waals surface area contributed by atoms with E-state index in [0.717, 1.165) is 30.1 Å². The van der Waals surface area contributed by atoms with Crippen molar-refractivity contribution in [1.82, 2.24) is 0 Å². The monoisotopic (exact) mass is 200 g/mol. The van der Waals surface area contributed by atoms with Crippen LogP contribution in [0.5, 0.6) is 0 Å². The minimum atomic E-state index is 0.758. The molecule has 1 aliphatic rings. The summed E-state index contributed by atoms with van der Waals surface area (Å²) in [6.07, 6.45) is 9.84. The van der Waals surface area contributed by atoms with E-state index in [4.69, 9.17) is 11.6 Å². The molecule has 0 nitrogen and oxygen atoms in total. The van der Waals surface area contributed by atoms with Crippen LogP contribution in [-0.2, 0) is 0 Å². The van der Waals surface area contributed by atoms with Crippen LogP contribution in [0.2, 0.25) is 0 Å². The van der Waals surface area contributed by atoms with E-state index in [2.05, 4.69) is 26.0 Å². The van der Waals surface area contributed by atoms with Crippen molar-refractivity contribution in [2.24, 2.45) is 17.8 Å². The van der Waals surface area contributed by atoms with Gasteiger partial charge in [0.2, 0.25) is 0 Å². The SMILES string of the molecule is CC1CC(C)CC(C=CCCCl)C1. The molecule has 0 saturated heterocycles. The van der Waals surface area contributed by atoms with Crippen molar-refractivity contribution in [2.75, 3.05) is 5.88 Å². The summed E-state index contributed by atoms with van der Waals surface area (Å²) >= 11 is 5.63. The lowest BCUT2D eigenvalue weighted by molar-refractivity contribution is 0.252. The summed E-state index contributed by atoms with van der Waals surface area (Å²) in [5.74, 6) is 3.40. The Balaban J connectivity index is 2.32. The maximum absolute atomic E-state index is 5.63. The molecule has 0 spiro atoms. The van der Waals surface area contributed by atoms with Crippen molar-refractivity contribution < 1.29 is 0 Å². The van der Waals surface area contributed by atoms with Gasteiger partial charge < -0.3 is 0 Å². The van der Waals surface area contributed by atoms with E-state index in [-0.39, 0.29) is 0 Å². The molecule has 2 unspecified atom stereocenters. The van der Waals surface area contributed by atoms with Crippen LogP contribution in [0.3, 0.4) is 0 Å². The standard InChI is InChI=1S/C12H21Cl/c1-10-7-11(2)9-12(8-10)5-3-4-6-13/h3,5,10-12H,4,6-9H2,1-2H3. The summed E-state index contributed by atoms with van der Waals surface area (Å²) in [4.78, 5) is 0. The average molecular weight is 201 g/mol. The van der Waals surface area contributed by atoms with Crippen LogP contribution in [0.25, 0.3) is 0 Å². The fourth-order valence-electron chi connectivity index (χ4n) is 2.52. The fraction of sp³-hybridized carbons (Fsp3) is 0.833. The summed E-state index contributed by atoms with van der Waals surface area (Å²) in [5.41, 5.74) is 0. The lowest BCUT2D eigenvalue weighted by Gasteiger charge is -2.29. The van der Waals surface area contributed by atoms with Gasteiger partial charge in [-0.15, -0.1) is 11.6 Å². The third kappa shape index (κ3) is 4.17. The fourth-order valence-corrected chi connectivity index (χ4v) is 2.64. The minimum absolute atomic E-state index is 0.758. The van der Waals surface area contributed by atoms with Gasteiger partial charge in [-0.1, -0.05) is 26.0 Å². The molecule has 0 aromatic carbocycles. The van der Waals surface area contributed by atoms with E-state index >= 15 is 0 Å². The summed E-state index contributed by atoms with van der Waals surface area (Å²) in [6, 6.07) is 0. The van der Waals surface area contributed by atoms with Crippen LogP contribution in [-0.4, -0.2) is 5.88 Å². The first-order chi connectivity index (χ1) is 6.22. The summed E-state index contributed by atoms with van der Waals surface area (Å²) in [7, 11) is 0. The molecule has 1 fully saturated rings. The average Bonchev–Trinajstić information content (AvgIpc) is 2.03. The van der Waals surface area contributed by atoms with E-state index in [9.17, 15) is 0 Å². The predicted molar refractivity (Wildman–Crippen MR) is 60.1 cm³/mol. The van der Waals surface area contributed by atoms with Crippen LogP contribution in [0.4, 0.5) is 0 Å². The van der Waals surface area contributed by atoms with Gasteiger partial charge in [-0.25, -0.2) is 0 Å². The first-order valence-electron chi connectivity index (χ1n) is 5.45. The van der Waals surface area contributed by atoms with Gasteiger partial charge in [-0.3, -0.25) is 0 Å². The smallest absolute Gasteiger partial charge is 0.0258 e. The molecule has 1 heteroatoms. The molecule has 1 saturated carbocycles. The number of halogens is 1. The number of hydrogen-bond donors (Lipinski definition) is 0. The van der Waals surface area contributed by atoms with Crippen molar-refractivity contribution in [1.29, 1.82) is 0 Å². The van der Waals surface area contributed by atoms with E-state index in [0.29, 0.717) is 0 Å². The minimum Gasteiger partial charge on any atom is -0.126 e. The van der Waals surface area contributed by atoms with Gasteiger partial charge >= 0.3 is 0 Å². The molecule has 0 aliphatic heterocycles. The number of hydrogen-bond acceptors (Lipinski definition) is 0. The summed E-state index contributed by atoms with van der Waals surface area (Å²) < 4.78 is 0. The molecule has 13 heavy (non-hydrogen) atoms. The molecule has 1 aliphatic carbocycles. The highest BCUT2D eigenvalue weighted by Gasteiger charge is 2.21. The van der Waals surface area contributed by atoms with Gasteiger partial charge in [0, 0.05) is 5.88 Å². The van der Waals surface area contributed by atoms with Crippen molar-refractivity contribution in [3.8, 4) is 0 Å². The molecule has 1 rings (SSSR count). The molecule has 0 amide bonds. The molecule has 0 aromatic rings. The Hall–Kier alpha value is 0.0300. The molecule has 0 aromatic heterocycles. The molecule has 0 N–H and O–H groups in total. The largest absolute Gasteiger partial charge is 0.126 e. The van der Waals surface area contributed by atoms with Crippen LogP contribution < -0.4 is 0 Å². The summed E-state index contributed by atoms with van der Waals surface area (Å²) in [5, 5.41) is 0. The maximum atomic E-state index is 5.63. The van der Waals surface area contributed by atoms with Gasteiger partial charge in [-0.05, 0) is 43.4 Å². The molecular weight excluding hydrogens is 180 g/mol. The van der Waals surface area contributed by atoms with Crippen molar-refractivity contribution in [2.45, 2.75) is 39.5 Å². The van der Waals surface area contributed by atoms with Gasteiger partial charge in [0.25, 0.3) is 0 Å². The highest BCUT2D eigenvalue weighted by atomic mass is 35.5. The molecule has 0 bridgehead atoms. The van der Waals surface area contributed by atoms with Crippen molar-refractivity contribution >= 4 is 11.6 Å². The van der Waals surface area contributed by atoms with E-state index in [1.807, 2.05) is 0 Å². The van der Waals surface area contributed by atoms with Crippen molar-refractivity contribution in [3.05, 3.63) is 12.2 Å². The third-order valence-corrected chi connectivity index (χ3v) is 3.12. The Kier molecular flexibility index (Phi) is 4.87. The lowest BCUT2D eigenvalue weighted by atomic mass is 9.76. The predicted octanol–water partition coefficient (Wildman–Crippen LogP) is 4.24. The molecule has 0 heterocycles. The van der Waals surface area contributed by atoms with E-state index in [1.54, 1.807) is 0 Å². The van der Waals surface area contributed by atoms with Gasteiger partial charge in [0.05, 0.1) is 0 Å². The van der Waals surface area contributed by atoms with Crippen LogP contribution in [0.15, 0.2) is 12.2 Å². The third-order valence-electron chi connectivity index (χ3n) is 2.90. The number of alkyl halides is 1.